The Hall–Kier alpha value is -3.58. The molecular weight excluding hydrogens is 482 g/mol. The molecule has 1 amide bonds. The summed E-state index contributed by atoms with van der Waals surface area (Å²) in [4.78, 5) is 12.7. The summed E-state index contributed by atoms with van der Waals surface area (Å²) in [7, 11) is 0. The Labute approximate surface area is 201 Å². The molecule has 7 heteroatoms. The zero-order chi connectivity index (χ0) is 23.0. The van der Waals surface area contributed by atoms with Crippen LogP contribution in [0.3, 0.4) is 0 Å². The van der Waals surface area contributed by atoms with Crippen LogP contribution >= 0.6 is 15.9 Å². The summed E-state index contributed by atoms with van der Waals surface area (Å²) in [6.07, 6.45) is 4.31. The van der Waals surface area contributed by atoms with Crippen LogP contribution in [0.2, 0.25) is 0 Å². The monoisotopic (exact) mass is 505 g/mol. The lowest BCUT2D eigenvalue weighted by molar-refractivity contribution is 0.102. The number of hydrogen-bond donors (Lipinski definition) is 1. The van der Waals surface area contributed by atoms with Gasteiger partial charge in [0.2, 0.25) is 0 Å². The Bertz CT molecular complexity index is 1200. The Balaban J connectivity index is 1.31. The van der Waals surface area contributed by atoms with Crippen LogP contribution in [0.1, 0.15) is 28.4 Å². The summed E-state index contributed by atoms with van der Waals surface area (Å²) in [5.74, 6) is 1.33. The topological polar surface area (TPSA) is 65.4 Å². The number of nitrogens with zero attached hydrogens (tertiary/aromatic N) is 2. The fourth-order valence-electron chi connectivity index (χ4n) is 3.16. The van der Waals surface area contributed by atoms with Crippen molar-refractivity contribution in [3.8, 4) is 11.5 Å². The van der Waals surface area contributed by atoms with E-state index >= 15 is 0 Å². The van der Waals surface area contributed by atoms with Crippen molar-refractivity contribution in [3.63, 3.8) is 0 Å². The van der Waals surface area contributed by atoms with E-state index in [1.54, 1.807) is 23.1 Å². The van der Waals surface area contributed by atoms with E-state index < -0.39 is 0 Å². The number of amides is 1. The minimum Gasteiger partial charge on any atom is -0.489 e. The van der Waals surface area contributed by atoms with Gasteiger partial charge in [-0.15, -0.1) is 0 Å². The van der Waals surface area contributed by atoms with Crippen LogP contribution in [0.15, 0.2) is 89.7 Å². The van der Waals surface area contributed by atoms with E-state index in [1.165, 1.54) is 5.56 Å². The molecule has 3 aromatic carbocycles. The second kappa shape index (κ2) is 10.8. The maximum Gasteiger partial charge on any atom is 0.255 e. The minimum absolute atomic E-state index is 0.211. The third kappa shape index (κ3) is 6.46. The molecule has 168 valence electrons. The predicted octanol–water partition coefficient (Wildman–Crippen LogP) is 6.08. The third-order valence-electron chi connectivity index (χ3n) is 4.99. The Kier molecular flexibility index (Phi) is 7.42. The van der Waals surface area contributed by atoms with E-state index in [0.29, 0.717) is 17.9 Å². The summed E-state index contributed by atoms with van der Waals surface area (Å²) in [5, 5.41) is 7.11. The molecule has 0 atom stereocenters. The van der Waals surface area contributed by atoms with Gasteiger partial charge in [0.15, 0.2) is 6.73 Å². The van der Waals surface area contributed by atoms with Gasteiger partial charge in [0, 0.05) is 10.0 Å². The van der Waals surface area contributed by atoms with Gasteiger partial charge in [0.25, 0.3) is 5.91 Å². The van der Waals surface area contributed by atoms with E-state index in [2.05, 4.69) is 45.4 Å². The molecule has 1 N–H and O–H groups in total. The molecule has 0 aliphatic heterocycles. The van der Waals surface area contributed by atoms with E-state index in [-0.39, 0.29) is 12.6 Å². The van der Waals surface area contributed by atoms with Crippen LogP contribution in [-0.4, -0.2) is 15.7 Å². The molecule has 0 fully saturated rings. The molecule has 33 heavy (non-hydrogen) atoms. The lowest BCUT2D eigenvalue weighted by atomic mass is 10.1. The second-order valence-electron chi connectivity index (χ2n) is 7.44. The van der Waals surface area contributed by atoms with Gasteiger partial charge in [0.05, 0.1) is 18.1 Å². The number of aromatic nitrogens is 2. The lowest BCUT2D eigenvalue weighted by Crippen LogP contribution is -2.12. The zero-order valence-electron chi connectivity index (χ0n) is 18.2. The Morgan fingerprint density at radius 1 is 0.970 bits per heavy atom. The number of nitrogens with one attached hydrogen (secondary N) is 1. The van der Waals surface area contributed by atoms with Gasteiger partial charge in [-0.2, -0.15) is 5.10 Å². The smallest absolute Gasteiger partial charge is 0.255 e. The Morgan fingerprint density at radius 3 is 2.45 bits per heavy atom. The summed E-state index contributed by atoms with van der Waals surface area (Å²) in [5.41, 5.74) is 3.33. The number of halogens is 1. The summed E-state index contributed by atoms with van der Waals surface area (Å²) in [6.45, 7) is 2.75. The summed E-state index contributed by atoms with van der Waals surface area (Å²) in [6, 6.07) is 23.0. The van der Waals surface area contributed by atoms with E-state index in [4.69, 9.17) is 9.47 Å². The first kappa shape index (κ1) is 22.6. The molecule has 0 radical (unpaired) electrons. The molecule has 4 aromatic rings. The molecule has 0 spiro atoms. The highest BCUT2D eigenvalue weighted by Crippen LogP contribution is 2.18. The number of ether oxygens (including phenoxy) is 2. The van der Waals surface area contributed by atoms with Gasteiger partial charge in [0.1, 0.15) is 18.1 Å². The van der Waals surface area contributed by atoms with E-state index in [9.17, 15) is 4.79 Å². The molecule has 1 heterocycles. The SMILES string of the molecule is CCc1ccc(OCc2cccc(C(=O)Nc3cnn(COc4ccc(Br)cc4)c3)c2)cc1. The molecule has 4 rings (SSSR count). The van der Waals surface area contributed by atoms with Crippen LogP contribution in [0.25, 0.3) is 0 Å². The predicted molar refractivity (Wildman–Crippen MR) is 132 cm³/mol. The van der Waals surface area contributed by atoms with Crippen molar-refractivity contribution in [2.24, 2.45) is 0 Å². The maximum atomic E-state index is 12.7. The van der Waals surface area contributed by atoms with Crippen LogP contribution in [0.5, 0.6) is 11.5 Å². The van der Waals surface area contributed by atoms with Crippen molar-refractivity contribution >= 4 is 27.5 Å². The third-order valence-corrected chi connectivity index (χ3v) is 5.52. The van der Waals surface area contributed by atoms with E-state index in [1.807, 2.05) is 54.6 Å². The first-order chi connectivity index (χ1) is 16.1. The lowest BCUT2D eigenvalue weighted by Gasteiger charge is -2.09. The van der Waals surface area contributed by atoms with Crippen LogP contribution in [0, 0.1) is 0 Å². The highest BCUT2D eigenvalue weighted by molar-refractivity contribution is 9.10. The van der Waals surface area contributed by atoms with Crippen LogP contribution < -0.4 is 14.8 Å². The maximum absolute atomic E-state index is 12.7. The number of rotatable bonds is 9. The number of carbonyl (C=O) groups excluding carboxylic acids is 1. The molecule has 0 aliphatic rings. The summed E-state index contributed by atoms with van der Waals surface area (Å²) >= 11 is 3.40. The van der Waals surface area contributed by atoms with Gasteiger partial charge >= 0.3 is 0 Å². The summed E-state index contributed by atoms with van der Waals surface area (Å²) < 4.78 is 14.2. The molecule has 0 saturated heterocycles. The second-order valence-corrected chi connectivity index (χ2v) is 8.35. The quantitative estimate of drug-likeness (QED) is 0.299. The van der Waals surface area contributed by atoms with Crippen LogP contribution in [-0.2, 0) is 19.8 Å². The zero-order valence-corrected chi connectivity index (χ0v) is 19.8. The normalized spacial score (nSPS) is 10.6. The molecule has 0 aliphatic carbocycles. The number of aryl methyl sites for hydroxylation is 1. The van der Waals surface area contributed by atoms with Crippen molar-refractivity contribution in [1.82, 2.24) is 9.78 Å². The Morgan fingerprint density at radius 2 is 1.70 bits per heavy atom. The number of hydrogen-bond acceptors (Lipinski definition) is 4. The fourth-order valence-corrected chi connectivity index (χ4v) is 3.43. The standard InChI is InChI=1S/C26H24BrN3O3/c1-2-19-6-10-24(11-7-19)32-17-20-4-3-5-21(14-20)26(31)29-23-15-28-30(16-23)18-33-25-12-8-22(27)9-13-25/h3-16H,2,17-18H2,1H3,(H,29,31). The van der Waals surface area contributed by atoms with Gasteiger partial charge in [-0.3, -0.25) is 4.79 Å². The van der Waals surface area contributed by atoms with Crippen molar-refractivity contribution in [2.75, 3.05) is 5.32 Å². The minimum atomic E-state index is -0.211. The molecule has 0 saturated carbocycles. The largest absolute Gasteiger partial charge is 0.489 e. The first-order valence-corrected chi connectivity index (χ1v) is 11.4. The number of carbonyl (C=O) groups is 1. The van der Waals surface area contributed by atoms with Crippen LogP contribution in [0.4, 0.5) is 5.69 Å². The molecule has 0 bridgehead atoms. The van der Waals surface area contributed by atoms with Crippen molar-refractivity contribution < 1.29 is 14.3 Å². The highest BCUT2D eigenvalue weighted by atomic mass is 79.9. The molecule has 6 nitrogen and oxygen atoms in total. The molecular formula is C26H24BrN3O3. The van der Waals surface area contributed by atoms with Crippen molar-refractivity contribution in [1.29, 1.82) is 0 Å². The average Bonchev–Trinajstić information content (AvgIpc) is 3.30. The number of benzene rings is 3. The number of anilines is 1. The fraction of sp³-hybridized carbons (Fsp3) is 0.154. The van der Waals surface area contributed by atoms with Gasteiger partial charge in [-0.25, -0.2) is 4.68 Å². The average molecular weight is 506 g/mol. The molecule has 0 unspecified atom stereocenters. The van der Waals surface area contributed by atoms with Crippen molar-refractivity contribution in [2.45, 2.75) is 26.7 Å². The molecule has 1 aromatic heterocycles. The van der Waals surface area contributed by atoms with E-state index in [0.717, 1.165) is 28.0 Å². The van der Waals surface area contributed by atoms with Gasteiger partial charge in [-0.1, -0.05) is 47.1 Å². The van der Waals surface area contributed by atoms with Crippen molar-refractivity contribution in [3.05, 3.63) is 106 Å². The first-order valence-electron chi connectivity index (χ1n) is 10.6. The van der Waals surface area contributed by atoms with Gasteiger partial charge in [-0.05, 0) is 66.1 Å². The van der Waals surface area contributed by atoms with Gasteiger partial charge < -0.3 is 14.8 Å². The highest BCUT2D eigenvalue weighted by Gasteiger charge is 2.09.